The van der Waals surface area contributed by atoms with E-state index in [1.54, 1.807) is 4.90 Å². The third kappa shape index (κ3) is 5.13. The molecule has 0 radical (unpaired) electrons. The van der Waals surface area contributed by atoms with Gasteiger partial charge >= 0.3 is 6.18 Å². The molecule has 2 aliphatic heterocycles. The Bertz CT molecular complexity index is 698. The van der Waals surface area contributed by atoms with Crippen molar-refractivity contribution in [1.29, 1.82) is 0 Å². The molecule has 2 N–H and O–H groups in total. The van der Waals surface area contributed by atoms with E-state index in [9.17, 15) is 22.8 Å². The van der Waals surface area contributed by atoms with Crippen LogP contribution >= 0.6 is 12.4 Å². The number of nitrogens with one attached hydrogen (secondary N) is 2. The van der Waals surface area contributed by atoms with Gasteiger partial charge in [-0.15, -0.1) is 12.4 Å². The van der Waals surface area contributed by atoms with Gasteiger partial charge in [-0.1, -0.05) is 0 Å². The van der Waals surface area contributed by atoms with Gasteiger partial charge in [0.05, 0.1) is 5.56 Å². The zero-order chi connectivity index (χ0) is 18.9. The van der Waals surface area contributed by atoms with Gasteiger partial charge in [0.2, 0.25) is 5.91 Å². The predicted octanol–water partition coefficient (Wildman–Crippen LogP) is 3.16. The fourth-order valence-corrected chi connectivity index (χ4v) is 3.79. The van der Waals surface area contributed by atoms with Crippen molar-refractivity contribution in [2.24, 2.45) is 11.8 Å². The fourth-order valence-electron chi connectivity index (χ4n) is 3.79. The molecule has 0 unspecified atom stereocenters. The zero-order valence-electron chi connectivity index (χ0n) is 14.9. The van der Waals surface area contributed by atoms with Gasteiger partial charge in [-0.05, 0) is 56.0 Å². The molecule has 1 aromatic rings. The lowest BCUT2D eigenvalue weighted by molar-refractivity contribution is -0.137. The third-order valence-electron chi connectivity index (χ3n) is 5.13. The highest BCUT2D eigenvalue weighted by Gasteiger charge is 2.34. The molecule has 2 atom stereocenters. The lowest BCUT2D eigenvalue weighted by Gasteiger charge is -2.22. The summed E-state index contributed by atoms with van der Waals surface area (Å²) in [5.41, 5.74) is -1.01. The molecular formula is C18H23ClF3N3O2. The fraction of sp³-hybridized carbons (Fsp3) is 0.556. The van der Waals surface area contributed by atoms with E-state index in [-0.39, 0.29) is 23.7 Å². The van der Waals surface area contributed by atoms with Crippen LogP contribution in [0, 0.1) is 11.8 Å². The van der Waals surface area contributed by atoms with Gasteiger partial charge in [0, 0.05) is 31.3 Å². The van der Waals surface area contributed by atoms with Gasteiger partial charge < -0.3 is 15.5 Å². The largest absolute Gasteiger partial charge is 0.416 e. The van der Waals surface area contributed by atoms with Gasteiger partial charge in [0.25, 0.3) is 5.91 Å². The van der Waals surface area contributed by atoms with Crippen molar-refractivity contribution in [2.75, 3.05) is 31.5 Å². The summed E-state index contributed by atoms with van der Waals surface area (Å²) in [5, 5.41) is 5.69. The second kappa shape index (κ2) is 8.48. The lowest BCUT2D eigenvalue weighted by atomic mass is 9.92. The smallest absolute Gasteiger partial charge is 0.339 e. The maximum Gasteiger partial charge on any atom is 0.416 e. The minimum atomic E-state index is -4.59. The lowest BCUT2D eigenvalue weighted by Crippen LogP contribution is -2.33. The Morgan fingerprint density at radius 2 is 1.70 bits per heavy atom. The molecule has 2 heterocycles. The maximum absolute atomic E-state index is 13.2. The molecule has 0 aromatic heterocycles. The Morgan fingerprint density at radius 3 is 2.22 bits per heavy atom. The molecule has 0 aliphatic carbocycles. The molecule has 1 aromatic carbocycles. The van der Waals surface area contributed by atoms with Gasteiger partial charge in [-0.25, -0.2) is 0 Å². The molecule has 2 amide bonds. The van der Waals surface area contributed by atoms with Gasteiger partial charge in [0.15, 0.2) is 0 Å². The zero-order valence-corrected chi connectivity index (χ0v) is 15.8. The van der Waals surface area contributed by atoms with Gasteiger partial charge in [-0.3, -0.25) is 9.59 Å². The van der Waals surface area contributed by atoms with Crippen LogP contribution in [0.25, 0.3) is 0 Å². The topological polar surface area (TPSA) is 61.4 Å². The number of hydrogen-bond acceptors (Lipinski definition) is 3. The third-order valence-corrected chi connectivity index (χ3v) is 5.13. The summed E-state index contributed by atoms with van der Waals surface area (Å²) in [4.78, 5) is 25.7. The van der Waals surface area contributed by atoms with Crippen LogP contribution in [0.4, 0.5) is 18.9 Å². The van der Waals surface area contributed by atoms with E-state index in [0.717, 1.165) is 38.1 Å². The molecule has 0 bridgehead atoms. The summed E-state index contributed by atoms with van der Waals surface area (Å²) in [5.74, 6) is 0.127. The molecule has 0 spiro atoms. The number of carbonyl (C=O) groups is 2. The first-order chi connectivity index (χ1) is 12.2. The van der Waals surface area contributed by atoms with Gasteiger partial charge in [0.1, 0.15) is 0 Å². The number of fused-ring (bicyclic) bond motifs is 1. The second-order valence-electron chi connectivity index (χ2n) is 7.03. The van der Waals surface area contributed by atoms with E-state index < -0.39 is 23.6 Å². The predicted molar refractivity (Wildman–Crippen MR) is 98.0 cm³/mol. The molecule has 5 nitrogen and oxygen atoms in total. The Balaban J connectivity index is 0.00000261. The Labute approximate surface area is 162 Å². The van der Waals surface area contributed by atoms with Crippen LogP contribution in [0.2, 0.25) is 0 Å². The van der Waals surface area contributed by atoms with Gasteiger partial charge in [-0.2, -0.15) is 13.2 Å². The van der Waals surface area contributed by atoms with Crippen LogP contribution in [0.1, 0.15) is 35.7 Å². The summed E-state index contributed by atoms with van der Waals surface area (Å²) in [6, 6.07) is 3.02. The number of amides is 2. The number of hydrogen-bond donors (Lipinski definition) is 2. The van der Waals surface area contributed by atoms with Crippen molar-refractivity contribution in [2.45, 2.75) is 25.9 Å². The van der Waals surface area contributed by atoms with Crippen molar-refractivity contribution < 1.29 is 22.8 Å². The second-order valence-corrected chi connectivity index (χ2v) is 7.03. The molecule has 2 saturated heterocycles. The van der Waals surface area contributed by atoms with Crippen LogP contribution in [0.5, 0.6) is 0 Å². The summed E-state index contributed by atoms with van der Waals surface area (Å²) in [7, 11) is 0. The van der Waals surface area contributed by atoms with Crippen molar-refractivity contribution in [1.82, 2.24) is 10.2 Å². The molecule has 2 aliphatic rings. The first-order valence-corrected chi connectivity index (χ1v) is 8.74. The summed E-state index contributed by atoms with van der Waals surface area (Å²) >= 11 is 0. The summed E-state index contributed by atoms with van der Waals surface area (Å²) in [6.45, 7) is 4.15. The van der Waals surface area contributed by atoms with Crippen LogP contribution in [0.3, 0.4) is 0 Å². The maximum atomic E-state index is 13.2. The number of alkyl halides is 3. The number of halogens is 4. The quantitative estimate of drug-likeness (QED) is 0.794. The normalized spacial score (nSPS) is 22.4. The SMILES string of the molecule is CC(=O)Nc1cc(C(=O)N2CC[C@@H]3CNC[C@@H]3CC2)cc(C(F)(F)F)c1.Cl. The van der Waals surface area contributed by atoms with E-state index in [2.05, 4.69) is 10.6 Å². The summed E-state index contributed by atoms with van der Waals surface area (Å²) < 4.78 is 39.5. The van der Waals surface area contributed by atoms with E-state index >= 15 is 0 Å². The van der Waals surface area contributed by atoms with Crippen molar-refractivity contribution in [3.05, 3.63) is 29.3 Å². The Kier molecular flexibility index (Phi) is 6.75. The molecule has 2 fully saturated rings. The molecule has 0 saturated carbocycles. The highest BCUT2D eigenvalue weighted by molar-refractivity contribution is 5.97. The number of nitrogens with zero attached hydrogens (tertiary/aromatic N) is 1. The van der Waals surface area contributed by atoms with Crippen molar-refractivity contribution in [3.63, 3.8) is 0 Å². The first-order valence-electron chi connectivity index (χ1n) is 8.74. The monoisotopic (exact) mass is 405 g/mol. The van der Waals surface area contributed by atoms with Crippen LogP contribution in [0.15, 0.2) is 18.2 Å². The number of likely N-dealkylation sites (tertiary alicyclic amines) is 1. The van der Waals surface area contributed by atoms with Crippen LogP contribution in [-0.2, 0) is 11.0 Å². The van der Waals surface area contributed by atoms with E-state index in [1.165, 1.54) is 13.0 Å². The highest BCUT2D eigenvalue weighted by Crippen LogP contribution is 2.33. The van der Waals surface area contributed by atoms with Crippen molar-refractivity contribution >= 4 is 29.9 Å². The average Bonchev–Trinajstić information content (AvgIpc) is 2.91. The number of benzene rings is 1. The standard InChI is InChI=1S/C18H22F3N3O2.ClH/c1-11(25)23-16-7-14(6-15(8-16)18(19,20)21)17(26)24-4-2-12-9-22-10-13(12)3-5-24;/h6-8,12-13,22H,2-5,9-10H2,1H3,(H,23,25);1H/t12-,13+;. The molecule has 150 valence electrons. The number of anilines is 1. The average molecular weight is 406 g/mol. The molecule has 9 heteroatoms. The van der Waals surface area contributed by atoms with Crippen LogP contribution < -0.4 is 10.6 Å². The minimum Gasteiger partial charge on any atom is -0.339 e. The summed E-state index contributed by atoms with van der Waals surface area (Å²) in [6.07, 6.45) is -2.90. The van der Waals surface area contributed by atoms with E-state index in [1.807, 2.05) is 0 Å². The first kappa shape index (κ1) is 21.5. The molecule has 27 heavy (non-hydrogen) atoms. The molecular weight excluding hydrogens is 383 g/mol. The van der Waals surface area contributed by atoms with Crippen molar-refractivity contribution in [3.8, 4) is 0 Å². The Hall–Kier alpha value is -1.80. The van der Waals surface area contributed by atoms with Crippen LogP contribution in [-0.4, -0.2) is 42.9 Å². The molecule has 3 rings (SSSR count). The minimum absolute atomic E-state index is 0. The highest BCUT2D eigenvalue weighted by atomic mass is 35.5. The Morgan fingerprint density at radius 1 is 1.11 bits per heavy atom. The number of carbonyl (C=O) groups excluding carboxylic acids is 2. The van der Waals surface area contributed by atoms with E-state index in [0.29, 0.717) is 24.9 Å². The van der Waals surface area contributed by atoms with E-state index in [4.69, 9.17) is 0 Å². The number of rotatable bonds is 2.